The van der Waals surface area contributed by atoms with Crippen molar-refractivity contribution in [3.8, 4) is 0 Å². The smallest absolute Gasteiger partial charge is 0.303 e. The fourth-order valence-corrected chi connectivity index (χ4v) is 8.24. The average Bonchev–Trinajstić information content (AvgIpc) is 2.97. The third-order valence-electron chi connectivity index (χ3n) is 9.66. The molecule has 0 aromatic rings. The van der Waals surface area contributed by atoms with Crippen LogP contribution in [0.4, 0.5) is 0 Å². The van der Waals surface area contributed by atoms with Crippen LogP contribution in [0, 0.1) is 40.4 Å². The standard InChI is InChI=1S/C24H38O3/c1-15(4-9-22(26)27)19-7-8-20-18-6-5-16-14-17(25)10-12-23(16,2)21(18)11-13-24(19,20)3/h14-15,17-21,25H,4-13H2,1-3H3,(H,26,27)/t15-,17-,18+,19-,20+,21+,23+,24-/m1/s1. The number of carbonyl (C=O) groups is 1. The summed E-state index contributed by atoms with van der Waals surface area (Å²) in [7, 11) is 0. The maximum Gasteiger partial charge on any atom is 0.303 e. The fourth-order valence-electron chi connectivity index (χ4n) is 8.24. The topological polar surface area (TPSA) is 57.5 Å². The summed E-state index contributed by atoms with van der Waals surface area (Å²) in [5.41, 5.74) is 2.27. The lowest BCUT2D eigenvalue weighted by Gasteiger charge is -2.59. The van der Waals surface area contributed by atoms with Gasteiger partial charge in [0.25, 0.3) is 0 Å². The summed E-state index contributed by atoms with van der Waals surface area (Å²) in [5.74, 6) is 3.00. The van der Waals surface area contributed by atoms with Crippen LogP contribution in [-0.2, 0) is 4.79 Å². The Morgan fingerprint density at radius 2 is 1.93 bits per heavy atom. The normalized spacial score (nSPS) is 47.4. The predicted molar refractivity (Wildman–Crippen MR) is 107 cm³/mol. The van der Waals surface area contributed by atoms with Gasteiger partial charge in [0.1, 0.15) is 0 Å². The number of carboxylic acids is 1. The lowest BCUT2D eigenvalue weighted by molar-refractivity contribution is -0.137. The molecule has 27 heavy (non-hydrogen) atoms. The molecular formula is C24H38O3. The number of carboxylic acid groups (broad SMARTS) is 1. The summed E-state index contributed by atoms with van der Waals surface area (Å²) in [6.07, 6.45) is 13.0. The molecule has 3 nitrogen and oxygen atoms in total. The second-order valence-corrected chi connectivity index (χ2v) is 10.8. The first-order valence-electron chi connectivity index (χ1n) is 11.4. The van der Waals surface area contributed by atoms with Gasteiger partial charge in [0, 0.05) is 6.42 Å². The van der Waals surface area contributed by atoms with Crippen LogP contribution in [0.5, 0.6) is 0 Å². The largest absolute Gasteiger partial charge is 0.481 e. The quantitative estimate of drug-likeness (QED) is 0.645. The summed E-state index contributed by atoms with van der Waals surface area (Å²) >= 11 is 0. The van der Waals surface area contributed by atoms with Gasteiger partial charge in [-0.3, -0.25) is 4.79 Å². The van der Waals surface area contributed by atoms with Crippen LogP contribution in [0.3, 0.4) is 0 Å². The van der Waals surface area contributed by atoms with Crippen molar-refractivity contribution in [2.24, 2.45) is 40.4 Å². The van der Waals surface area contributed by atoms with Crippen molar-refractivity contribution in [1.29, 1.82) is 0 Å². The highest BCUT2D eigenvalue weighted by Gasteiger charge is 2.59. The van der Waals surface area contributed by atoms with Gasteiger partial charge in [0.2, 0.25) is 0 Å². The van der Waals surface area contributed by atoms with Crippen LogP contribution >= 0.6 is 0 Å². The molecule has 152 valence electrons. The Balaban J connectivity index is 1.54. The maximum absolute atomic E-state index is 11.0. The minimum atomic E-state index is -0.649. The molecule has 4 aliphatic carbocycles. The summed E-state index contributed by atoms with van der Waals surface area (Å²) in [4.78, 5) is 11.0. The zero-order valence-corrected chi connectivity index (χ0v) is 17.4. The van der Waals surface area contributed by atoms with Gasteiger partial charge in [-0.25, -0.2) is 0 Å². The molecule has 4 rings (SSSR count). The number of aliphatic hydroxyl groups excluding tert-OH is 1. The second kappa shape index (κ2) is 6.90. The van der Waals surface area contributed by atoms with Gasteiger partial charge >= 0.3 is 5.97 Å². The van der Waals surface area contributed by atoms with E-state index >= 15 is 0 Å². The first kappa shape index (κ1) is 19.5. The van der Waals surface area contributed by atoms with E-state index in [-0.39, 0.29) is 6.10 Å². The van der Waals surface area contributed by atoms with E-state index < -0.39 is 5.97 Å². The van der Waals surface area contributed by atoms with Crippen LogP contribution in [-0.4, -0.2) is 22.3 Å². The maximum atomic E-state index is 11.0. The summed E-state index contributed by atoms with van der Waals surface area (Å²) in [5, 5.41) is 19.2. The number of aliphatic hydroxyl groups is 1. The predicted octanol–water partition coefficient (Wildman–Crippen LogP) is 5.43. The molecule has 4 aliphatic rings. The third kappa shape index (κ3) is 3.09. The number of hydrogen-bond donors (Lipinski definition) is 2. The van der Waals surface area contributed by atoms with Gasteiger partial charge in [-0.1, -0.05) is 32.4 Å². The van der Waals surface area contributed by atoms with Crippen molar-refractivity contribution in [2.45, 2.75) is 91.1 Å². The number of hydrogen-bond acceptors (Lipinski definition) is 2. The van der Waals surface area contributed by atoms with Crippen LogP contribution in [0.15, 0.2) is 11.6 Å². The van der Waals surface area contributed by atoms with Crippen molar-refractivity contribution >= 4 is 5.97 Å². The van der Waals surface area contributed by atoms with Crippen LogP contribution < -0.4 is 0 Å². The molecule has 0 heterocycles. The zero-order valence-electron chi connectivity index (χ0n) is 17.4. The van der Waals surface area contributed by atoms with E-state index in [0.29, 0.717) is 29.1 Å². The van der Waals surface area contributed by atoms with Crippen LogP contribution in [0.25, 0.3) is 0 Å². The molecule has 0 spiro atoms. The lowest BCUT2D eigenvalue weighted by Crippen LogP contribution is -2.51. The molecule has 0 unspecified atom stereocenters. The van der Waals surface area contributed by atoms with Crippen molar-refractivity contribution < 1.29 is 15.0 Å². The van der Waals surface area contributed by atoms with Gasteiger partial charge < -0.3 is 10.2 Å². The van der Waals surface area contributed by atoms with Crippen molar-refractivity contribution in [3.05, 3.63) is 11.6 Å². The van der Waals surface area contributed by atoms with Crippen LogP contribution in [0.2, 0.25) is 0 Å². The van der Waals surface area contributed by atoms with E-state index in [4.69, 9.17) is 5.11 Å². The Labute approximate surface area is 164 Å². The lowest BCUT2D eigenvalue weighted by atomic mass is 9.46. The molecule has 3 fully saturated rings. The molecular weight excluding hydrogens is 336 g/mol. The van der Waals surface area contributed by atoms with E-state index in [1.807, 2.05) is 0 Å². The number of aliphatic carboxylic acids is 1. The minimum absolute atomic E-state index is 0.218. The Kier molecular flexibility index (Phi) is 4.98. The van der Waals surface area contributed by atoms with Gasteiger partial charge in [0.15, 0.2) is 0 Å². The van der Waals surface area contributed by atoms with Gasteiger partial charge in [-0.15, -0.1) is 0 Å². The van der Waals surface area contributed by atoms with Crippen molar-refractivity contribution in [3.63, 3.8) is 0 Å². The first-order chi connectivity index (χ1) is 12.8. The molecule has 0 bridgehead atoms. The highest BCUT2D eigenvalue weighted by molar-refractivity contribution is 5.66. The third-order valence-corrected chi connectivity index (χ3v) is 9.66. The Morgan fingerprint density at radius 3 is 2.67 bits per heavy atom. The van der Waals surface area contributed by atoms with Gasteiger partial charge in [0.05, 0.1) is 6.10 Å². The number of fused-ring (bicyclic) bond motifs is 5. The SMILES string of the molecule is C[C@H](CCC(=O)O)[C@H]1CC[C@H]2[C@@H]3CCC4=C[C@H](O)CC[C@]4(C)[C@H]3CC[C@]12C. The molecule has 8 atom stereocenters. The molecule has 2 N–H and O–H groups in total. The van der Waals surface area contributed by atoms with E-state index in [1.165, 1.54) is 38.5 Å². The molecule has 3 heteroatoms. The van der Waals surface area contributed by atoms with Crippen LogP contribution in [0.1, 0.15) is 85.0 Å². The van der Waals surface area contributed by atoms with Gasteiger partial charge in [-0.05, 0) is 98.2 Å². The molecule has 3 saturated carbocycles. The van der Waals surface area contributed by atoms with E-state index in [1.54, 1.807) is 5.57 Å². The second-order valence-electron chi connectivity index (χ2n) is 10.8. The monoisotopic (exact) mass is 374 g/mol. The van der Waals surface area contributed by atoms with E-state index in [0.717, 1.165) is 37.0 Å². The molecule has 0 aromatic carbocycles. The minimum Gasteiger partial charge on any atom is -0.481 e. The van der Waals surface area contributed by atoms with Crippen molar-refractivity contribution in [1.82, 2.24) is 0 Å². The summed E-state index contributed by atoms with van der Waals surface area (Å²) in [6, 6.07) is 0. The zero-order chi connectivity index (χ0) is 19.4. The highest BCUT2D eigenvalue weighted by Crippen LogP contribution is 2.67. The summed E-state index contributed by atoms with van der Waals surface area (Å²) < 4.78 is 0. The fraction of sp³-hybridized carbons (Fsp3) is 0.875. The van der Waals surface area contributed by atoms with E-state index in [2.05, 4.69) is 26.8 Å². The first-order valence-corrected chi connectivity index (χ1v) is 11.4. The molecule has 0 radical (unpaired) electrons. The Hall–Kier alpha value is -0.830. The molecule has 0 amide bonds. The van der Waals surface area contributed by atoms with Crippen molar-refractivity contribution in [2.75, 3.05) is 0 Å². The highest BCUT2D eigenvalue weighted by atomic mass is 16.4. The number of allylic oxidation sites excluding steroid dienone is 1. The number of rotatable bonds is 4. The average molecular weight is 375 g/mol. The molecule has 0 aromatic heterocycles. The Bertz CT molecular complexity index is 625. The molecule has 0 aliphatic heterocycles. The van der Waals surface area contributed by atoms with E-state index in [9.17, 15) is 9.90 Å². The molecule has 0 saturated heterocycles. The Morgan fingerprint density at radius 1 is 1.15 bits per heavy atom. The summed E-state index contributed by atoms with van der Waals surface area (Å²) in [6.45, 7) is 7.34. The van der Waals surface area contributed by atoms with Gasteiger partial charge in [-0.2, -0.15) is 0 Å².